The molecule has 5 nitrogen and oxygen atoms in total. The fourth-order valence-corrected chi connectivity index (χ4v) is 4.49. The van der Waals surface area contributed by atoms with Crippen molar-refractivity contribution in [1.29, 1.82) is 0 Å². The van der Waals surface area contributed by atoms with E-state index in [0.717, 1.165) is 33.6 Å². The highest BCUT2D eigenvalue weighted by Gasteiger charge is 2.25. The van der Waals surface area contributed by atoms with Crippen molar-refractivity contribution < 1.29 is 13.6 Å². The molecule has 0 radical (unpaired) electrons. The van der Waals surface area contributed by atoms with Crippen LogP contribution in [0.4, 0.5) is 8.78 Å². The fraction of sp³-hybridized carbons (Fsp3) is 0.0417. The number of nitrogens with zero attached hydrogens (tertiary/aromatic N) is 2. The summed E-state index contributed by atoms with van der Waals surface area (Å²) >= 11 is 1.45. The van der Waals surface area contributed by atoms with E-state index in [-0.39, 0.29) is 17.4 Å². The van der Waals surface area contributed by atoms with Crippen molar-refractivity contribution in [2.75, 3.05) is 5.75 Å². The molecule has 2 N–H and O–H groups in total. The molecular weight excluding hydrogens is 430 g/mol. The van der Waals surface area contributed by atoms with Crippen molar-refractivity contribution >= 4 is 29.7 Å². The van der Waals surface area contributed by atoms with Gasteiger partial charge < -0.3 is 0 Å². The Balaban J connectivity index is 1.42. The molecule has 0 spiro atoms. The zero-order chi connectivity index (χ0) is 22.1. The summed E-state index contributed by atoms with van der Waals surface area (Å²) in [5.74, 6) is -0.163. The molecule has 0 amide bonds. The standard InChI is InChI=1S/C24H16F2N4OS/c25-19-5-1-14(2-6-19)22-16(11-27-29-22)9-18-13-32-21(24(18)31)10-17-12-28-30-23(17)15-3-7-20(26)8-4-15/h1-12H,13H2,(H,27,29)(H,28,30)/b18-9+,21-10-. The maximum Gasteiger partial charge on any atom is 0.196 e. The van der Waals surface area contributed by atoms with Crippen LogP contribution in [-0.4, -0.2) is 31.9 Å². The molecule has 1 aliphatic heterocycles. The van der Waals surface area contributed by atoms with Gasteiger partial charge in [-0.2, -0.15) is 10.2 Å². The van der Waals surface area contributed by atoms with Gasteiger partial charge >= 0.3 is 0 Å². The summed E-state index contributed by atoms with van der Waals surface area (Å²) in [6, 6.07) is 12.2. The second-order valence-corrected chi connectivity index (χ2v) is 8.23. The maximum absolute atomic E-state index is 13.2. The highest BCUT2D eigenvalue weighted by molar-refractivity contribution is 8.05. The molecule has 4 aromatic rings. The Labute approximate surface area is 186 Å². The third-order valence-corrected chi connectivity index (χ3v) is 6.19. The number of ketones is 1. The largest absolute Gasteiger partial charge is 0.288 e. The minimum atomic E-state index is -0.316. The lowest BCUT2D eigenvalue weighted by molar-refractivity contribution is -0.111. The molecule has 1 fully saturated rings. The summed E-state index contributed by atoms with van der Waals surface area (Å²) in [4.78, 5) is 13.6. The number of carbonyl (C=O) groups excluding carboxylic acids is 1. The van der Waals surface area contributed by atoms with Crippen LogP contribution in [-0.2, 0) is 4.79 Å². The second-order valence-electron chi connectivity index (χ2n) is 7.21. The molecule has 1 saturated heterocycles. The van der Waals surface area contributed by atoms with Crippen LogP contribution in [0.2, 0.25) is 0 Å². The lowest BCUT2D eigenvalue weighted by Crippen LogP contribution is -1.96. The Morgan fingerprint density at radius 3 is 1.81 bits per heavy atom. The number of allylic oxidation sites excluding steroid dienone is 1. The average molecular weight is 446 g/mol. The first kappa shape index (κ1) is 20.1. The van der Waals surface area contributed by atoms with Gasteiger partial charge in [-0.3, -0.25) is 15.0 Å². The van der Waals surface area contributed by atoms with Crippen molar-refractivity contribution in [3.63, 3.8) is 0 Å². The van der Waals surface area contributed by atoms with Crippen LogP contribution < -0.4 is 0 Å². The predicted octanol–water partition coefficient (Wildman–Crippen LogP) is 5.49. The highest BCUT2D eigenvalue weighted by atomic mass is 32.2. The number of aromatic nitrogens is 4. The normalized spacial score (nSPS) is 16.4. The number of rotatable bonds is 4. The number of hydrogen-bond acceptors (Lipinski definition) is 4. The summed E-state index contributed by atoms with van der Waals surface area (Å²) in [6.07, 6.45) is 6.90. The third kappa shape index (κ3) is 3.92. The lowest BCUT2D eigenvalue weighted by Gasteiger charge is -2.01. The number of hydrogen-bond donors (Lipinski definition) is 2. The Bertz CT molecular complexity index is 1250. The molecule has 8 heteroatoms. The quantitative estimate of drug-likeness (QED) is 0.407. The molecule has 0 unspecified atom stereocenters. The smallest absolute Gasteiger partial charge is 0.196 e. The highest BCUT2D eigenvalue weighted by Crippen LogP contribution is 2.36. The molecule has 2 aromatic heterocycles. The number of H-pyrrole nitrogens is 2. The molecule has 158 valence electrons. The van der Waals surface area contributed by atoms with E-state index in [2.05, 4.69) is 20.4 Å². The third-order valence-electron chi connectivity index (χ3n) is 5.12. The van der Waals surface area contributed by atoms with Crippen LogP contribution in [0.15, 0.2) is 71.4 Å². The lowest BCUT2D eigenvalue weighted by atomic mass is 10.0. The van der Waals surface area contributed by atoms with Gasteiger partial charge in [0.25, 0.3) is 0 Å². The summed E-state index contributed by atoms with van der Waals surface area (Å²) in [5, 5.41) is 14.0. The van der Waals surface area contributed by atoms with Gasteiger partial charge in [0, 0.05) is 33.6 Å². The number of nitrogens with one attached hydrogen (secondary N) is 2. The first-order valence-electron chi connectivity index (χ1n) is 9.77. The second kappa shape index (κ2) is 8.39. The predicted molar refractivity (Wildman–Crippen MR) is 121 cm³/mol. The topological polar surface area (TPSA) is 74.4 Å². The molecule has 0 atom stereocenters. The first-order valence-corrected chi connectivity index (χ1v) is 10.8. The first-order chi connectivity index (χ1) is 15.6. The Morgan fingerprint density at radius 2 is 1.28 bits per heavy atom. The van der Waals surface area contributed by atoms with E-state index in [4.69, 9.17) is 0 Å². The van der Waals surface area contributed by atoms with Crippen molar-refractivity contribution in [1.82, 2.24) is 20.4 Å². The fourth-order valence-electron chi connectivity index (χ4n) is 3.49. The van der Waals surface area contributed by atoms with Crippen LogP contribution >= 0.6 is 11.8 Å². The number of benzene rings is 2. The number of halogens is 2. The number of carbonyl (C=O) groups is 1. The summed E-state index contributed by atoms with van der Waals surface area (Å²) < 4.78 is 26.5. The molecule has 3 heterocycles. The van der Waals surface area contributed by atoms with Gasteiger partial charge in [-0.15, -0.1) is 11.8 Å². The van der Waals surface area contributed by atoms with Crippen LogP contribution in [0.1, 0.15) is 11.1 Å². The molecule has 5 rings (SSSR count). The Hall–Kier alpha value is -3.78. The van der Waals surface area contributed by atoms with Gasteiger partial charge in [-0.25, -0.2) is 8.78 Å². The van der Waals surface area contributed by atoms with E-state index in [1.165, 1.54) is 36.0 Å². The van der Waals surface area contributed by atoms with Crippen molar-refractivity contribution in [3.05, 3.63) is 94.2 Å². The molecule has 0 bridgehead atoms. The van der Waals surface area contributed by atoms with Crippen molar-refractivity contribution in [3.8, 4) is 22.5 Å². The molecule has 1 aliphatic rings. The van der Waals surface area contributed by atoms with E-state index < -0.39 is 0 Å². The minimum Gasteiger partial charge on any atom is -0.288 e. The summed E-state index contributed by atoms with van der Waals surface area (Å²) in [7, 11) is 0. The minimum absolute atomic E-state index is 0.0625. The van der Waals surface area contributed by atoms with Crippen LogP contribution in [0.25, 0.3) is 34.7 Å². The molecule has 0 saturated carbocycles. The monoisotopic (exact) mass is 446 g/mol. The van der Waals surface area contributed by atoms with Gasteiger partial charge in [0.1, 0.15) is 11.6 Å². The summed E-state index contributed by atoms with van der Waals surface area (Å²) in [6.45, 7) is 0. The van der Waals surface area contributed by atoms with E-state index in [1.54, 1.807) is 42.7 Å². The van der Waals surface area contributed by atoms with Crippen LogP contribution in [0.3, 0.4) is 0 Å². The number of aromatic amines is 2. The van der Waals surface area contributed by atoms with Crippen LogP contribution in [0, 0.1) is 11.6 Å². The zero-order valence-electron chi connectivity index (χ0n) is 16.6. The molecule has 32 heavy (non-hydrogen) atoms. The van der Waals surface area contributed by atoms with Gasteiger partial charge in [0.15, 0.2) is 5.78 Å². The molecule has 2 aromatic carbocycles. The average Bonchev–Trinajstić information content (AvgIpc) is 3.53. The van der Waals surface area contributed by atoms with Crippen molar-refractivity contribution in [2.45, 2.75) is 0 Å². The van der Waals surface area contributed by atoms with Gasteiger partial charge in [0.05, 0.1) is 28.7 Å². The van der Waals surface area contributed by atoms with Gasteiger partial charge in [-0.05, 0) is 60.7 Å². The van der Waals surface area contributed by atoms with Gasteiger partial charge in [-0.1, -0.05) is 0 Å². The zero-order valence-corrected chi connectivity index (χ0v) is 17.4. The van der Waals surface area contributed by atoms with Crippen LogP contribution in [0.5, 0.6) is 0 Å². The number of thioether (sulfide) groups is 1. The van der Waals surface area contributed by atoms with E-state index in [9.17, 15) is 13.6 Å². The SMILES string of the molecule is O=C1/C(=C/c2cn[nH]c2-c2ccc(F)cc2)CS/C1=C\c1cn[nH]c1-c1ccc(F)cc1. The van der Waals surface area contributed by atoms with Gasteiger partial charge in [0.2, 0.25) is 0 Å². The Morgan fingerprint density at radius 1 is 0.781 bits per heavy atom. The Kier molecular flexibility index (Phi) is 5.28. The maximum atomic E-state index is 13.2. The summed E-state index contributed by atoms with van der Waals surface area (Å²) in [5.41, 5.74) is 5.17. The molecular formula is C24H16F2N4OS. The van der Waals surface area contributed by atoms with E-state index in [1.807, 2.05) is 6.08 Å². The van der Waals surface area contributed by atoms with E-state index in [0.29, 0.717) is 16.2 Å². The number of Topliss-reactive ketones (excluding diaryl/α,β-unsaturated/α-hetero) is 1. The van der Waals surface area contributed by atoms with E-state index >= 15 is 0 Å². The van der Waals surface area contributed by atoms with Crippen molar-refractivity contribution in [2.24, 2.45) is 0 Å². The molecule has 0 aliphatic carbocycles.